The molecule has 3 atom stereocenters. The van der Waals surface area contributed by atoms with Gasteiger partial charge in [-0.3, -0.25) is 9.59 Å². The van der Waals surface area contributed by atoms with Crippen LogP contribution in [-0.2, 0) is 19.6 Å². The molecule has 1 aromatic heterocycles. The molecule has 3 unspecified atom stereocenters. The van der Waals surface area contributed by atoms with Crippen molar-refractivity contribution >= 4 is 11.6 Å². The molecule has 1 aliphatic carbocycles. The summed E-state index contributed by atoms with van der Waals surface area (Å²) in [5, 5.41) is 0. The lowest BCUT2D eigenvalue weighted by atomic mass is 9.80. The van der Waals surface area contributed by atoms with E-state index in [1.807, 2.05) is 25.1 Å². The number of carbonyl (C=O) groups excluding carboxylic acids is 2. The summed E-state index contributed by atoms with van der Waals surface area (Å²) in [4.78, 5) is 30.1. The van der Waals surface area contributed by atoms with Gasteiger partial charge in [-0.2, -0.15) is 0 Å². The third kappa shape index (κ3) is 4.75. The van der Waals surface area contributed by atoms with Crippen LogP contribution in [0.2, 0.25) is 0 Å². The number of Topliss-reactive ketones (excluding diaryl/α,β-unsaturated/α-hetero) is 2. The fourth-order valence-corrected chi connectivity index (χ4v) is 5.38. The van der Waals surface area contributed by atoms with Crippen LogP contribution in [0.25, 0.3) is 0 Å². The number of hydrogen-bond acceptors (Lipinski definition) is 5. The monoisotopic (exact) mass is 465 g/mol. The Labute approximate surface area is 201 Å². The van der Waals surface area contributed by atoms with Gasteiger partial charge in [0.15, 0.2) is 11.6 Å². The number of carbonyl (C=O) groups is 2. The number of aromatic amines is 1. The third-order valence-corrected chi connectivity index (χ3v) is 7.32. The summed E-state index contributed by atoms with van der Waals surface area (Å²) >= 11 is 0. The highest BCUT2D eigenvalue weighted by atomic mass is 16.5. The molecule has 1 saturated carbocycles. The lowest BCUT2D eigenvalue weighted by Gasteiger charge is -2.27. The molecule has 0 bridgehead atoms. The average molecular weight is 466 g/mol. The van der Waals surface area contributed by atoms with Crippen molar-refractivity contribution in [3.63, 3.8) is 0 Å². The number of H-pyrrole nitrogens is 1. The molecule has 1 aromatic carbocycles. The average Bonchev–Trinajstić information content (AvgIpc) is 3.40. The number of aromatic nitrogens is 1. The van der Waals surface area contributed by atoms with Crippen molar-refractivity contribution in [3.05, 3.63) is 70.7 Å². The highest BCUT2D eigenvalue weighted by Gasteiger charge is 2.62. The topological polar surface area (TPSA) is 77.6 Å². The van der Waals surface area contributed by atoms with E-state index < -0.39 is 0 Å². The zero-order valence-electron chi connectivity index (χ0n) is 20.4. The van der Waals surface area contributed by atoms with E-state index in [1.165, 1.54) is 0 Å². The fraction of sp³-hybridized carbons (Fsp3) is 0.500. The molecule has 34 heavy (non-hydrogen) atoms. The van der Waals surface area contributed by atoms with Crippen molar-refractivity contribution in [2.24, 2.45) is 11.8 Å². The SMILES string of the molecule is COCCCCC(CCOC)C(=O)c1cc(C(=O)C2=C(C)OCC3CC23c2ccccc2)c[nH]1. The van der Waals surface area contributed by atoms with Gasteiger partial charge in [0.2, 0.25) is 0 Å². The molecule has 1 N–H and O–H groups in total. The minimum absolute atomic E-state index is 0.0289. The van der Waals surface area contributed by atoms with E-state index in [0.717, 1.165) is 36.8 Å². The number of hydrogen-bond donors (Lipinski definition) is 1. The Hall–Kier alpha value is -2.70. The minimum Gasteiger partial charge on any atom is -0.497 e. The molecule has 1 fully saturated rings. The lowest BCUT2D eigenvalue weighted by molar-refractivity contribution is 0.0860. The third-order valence-electron chi connectivity index (χ3n) is 7.32. The van der Waals surface area contributed by atoms with Crippen molar-refractivity contribution in [3.8, 4) is 0 Å². The number of benzene rings is 1. The fourth-order valence-electron chi connectivity index (χ4n) is 5.38. The first-order valence-corrected chi connectivity index (χ1v) is 12.2. The van der Waals surface area contributed by atoms with Crippen molar-refractivity contribution in [2.45, 2.75) is 44.4 Å². The smallest absolute Gasteiger partial charge is 0.194 e. The van der Waals surface area contributed by atoms with Crippen LogP contribution in [0.15, 0.2) is 53.9 Å². The quantitative estimate of drug-likeness (QED) is 0.328. The first-order valence-electron chi connectivity index (χ1n) is 12.2. The highest BCUT2D eigenvalue weighted by molar-refractivity contribution is 6.12. The first kappa shape index (κ1) is 24.4. The lowest BCUT2D eigenvalue weighted by Crippen LogP contribution is -2.27. The van der Waals surface area contributed by atoms with Gasteiger partial charge in [-0.25, -0.2) is 0 Å². The molecule has 0 saturated heterocycles. The van der Waals surface area contributed by atoms with Gasteiger partial charge in [0.05, 0.1) is 12.3 Å². The number of fused-ring (bicyclic) bond motifs is 1. The van der Waals surface area contributed by atoms with Crippen molar-refractivity contribution in [1.82, 2.24) is 4.98 Å². The van der Waals surface area contributed by atoms with Crippen molar-refractivity contribution < 1.29 is 23.8 Å². The predicted molar refractivity (Wildman–Crippen MR) is 130 cm³/mol. The molecule has 0 amide bonds. The zero-order chi connectivity index (χ0) is 24.1. The van der Waals surface area contributed by atoms with Crippen LogP contribution in [0.4, 0.5) is 0 Å². The van der Waals surface area contributed by atoms with Crippen LogP contribution in [0.5, 0.6) is 0 Å². The second-order valence-corrected chi connectivity index (χ2v) is 9.44. The summed E-state index contributed by atoms with van der Waals surface area (Å²) in [6, 6.07) is 11.9. The predicted octanol–water partition coefficient (Wildman–Crippen LogP) is 5.11. The Morgan fingerprint density at radius 1 is 1.12 bits per heavy atom. The van der Waals surface area contributed by atoms with E-state index in [-0.39, 0.29) is 22.9 Å². The number of ether oxygens (including phenoxy) is 3. The minimum atomic E-state index is -0.287. The Morgan fingerprint density at radius 3 is 2.62 bits per heavy atom. The number of ketones is 2. The number of allylic oxidation sites excluding steroid dienone is 2. The van der Waals surface area contributed by atoms with E-state index in [1.54, 1.807) is 26.5 Å². The summed E-state index contributed by atoms with van der Waals surface area (Å²) in [5.41, 5.74) is 2.59. The first-order chi connectivity index (χ1) is 16.5. The maximum Gasteiger partial charge on any atom is 0.194 e. The molecule has 1 aliphatic heterocycles. The highest BCUT2D eigenvalue weighted by Crippen LogP contribution is 2.62. The Kier molecular flexibility index (Phi) is 7.69. The molecule has 4 rings (SSSR count). The Bertz CT molecular complexity index is 1040. The summed E-state index contributed by atoms with van der Waals surface area (Å²) in [6.45, 7) is 3.73. The van der Waals surface area contributed by atoms with Gasteiger partial charge >= 0.3 is 0 Å². The summed E-state index contributed by atoms with van der Waals surface area (Å²) in [7, 11) is 3.33. The molecule has 6 heteroatoms. The van der Waals surface area contributed by atoms with Gasteiger partial charge in [-0.1, -0.05) is 36.8 Å². The maximum atomic E-state index is 13.7. The molecule has 182 valence electrons. The molecule has 2 aromatic rings. The maximum absolute atomic E-state index is 13.7. The largest absolute Gasteiger partial charge is 0.497 e. The van der Waals surface area contributed by atoms with E-state index in [4.69, 9.17) is 14.2 Å². The second-order valence-electron chi connectivity index (χ2n) is 9.44. The molecule has 2 aliphatic rings. The van der Waals surface area contributed by atoms with Crippen molar-refractivity contribution in [1.29, 1.82) is 0 Å². The van der Waals surface area contributed by atoms with Gasteiger partial charge in [-0.05, 0) is 44.2 Å². The van der Waals surface area contributed by atoms with Crippen LogP contribution in [0.1, 0.15) is 65.4 Å². The van der Waals surface area contributed by atoms with Gasteiger partial charge in [0, 0.05) is 62.0 Å². The Morgan fingerprint density at radius 2 is 1.88 bits per heavy atom. The van der Waals surface area contributed by atoms with E-state index in [2.05, 4.69) is 17.1 Å². The van der Waals surface area contributed by atoms with Crippen LogP contribution >= 0.6 is 0 Å². The molecule has 0 spiro atoms. The van der Waals surface area contributed by atoms with Crippen molar-refractivity contribution in [2.75, 3.05) is 34.0 Å². The van der Waals surface area contributed by atoms with Gasteiger partial charge in [0.25, 0.3) is 0 Å². The van der Waals surface area contributed by atoms with E-state index in [0.29, 0.717) is 49.2 Å². The van der Waals surface area contributed by atoms with Crippen LogP contribution in [0, 0.1) is 11.8 Å². The molecule has 6 nitrogen and oxygen atoms in total. The summed E-state index contributed by atoms with van der Waals surface area (Å²) in [5.74, 6) is 0.810. The normalized spacial score (nSPS) is 22.1. The number of methoxy groups -OCH3 is 2. The van der Waals surface area contributed by atoms with E-state index in [9.17, 15) is 9.59 Å². The molecule has 2 heterocycles. The Balaban J connectivity index is 1.54. The van der Waals surface area contributed by atoms with Crippen LogP contribution in [-0.4, -0.2) is 50.6 Å². The van der Waals surface area contributed by atoms with Gasteiger partial charge in [-0.15, -0.1) is 0 Å². The van der Waals surface area contributed by atoms with Gasteiger partial charge in [0.1, 0.15) is 5.76 Å². The number of unbranched alkanes of at least 4 members (excludes halogenated alkanes) is 1. The molecular weight excluding hydrogens is 430 g/mol. The van der Waals surface area contributed by atoms with Gasteiger partial charge < -0.3 is 19.2 Å². The standard InChI is InChI=1S/C28H35NO5/c1-19-25(28(16-23(28)18-34-19)22-10-5-4-6-11-22)27(31)21-15-24(29-17-21)26(30)20(12-14-33-3)9-7-8-13-32-2/h4-6,10-11,15,17,20,23,29H,7-9,12-14,16,18H2,1-3H3. The second kappa shape index (κ2) is 10.7. The zero-order valence-corrected chi connectivity index (χ0v) is 20.4. The molecular formula is C28H35NO5. The number of rotatable bonds is 13. The number of nitrogens with one attached hydrogen (secondary N) is 1. The molecule has 0 radical (unpaired) electrons. The van der Waals surface area contributed by atoms with E-state index >= 15 is 0 Å². The summed E-state index contributed by atoms with van der Waals surface area (Å²) in [6.07, 6.45) is 5.82. The van der Waals surface area contributed by atoms with Crippen LogP contribution < -0.4 is 0 Å². The van der Waals surface area contributed by atoms with Crippen LogP contribution in [0.3, 0.4) is 0 Å². The summed E-state index contributed by atoms with van der Waals surface area (Å²) < 4.78 is 16.3.